The number of rotatable bonds is 2. The van der Waals surface area contributed by atoms with Gasteiger partial charge in [0.25, 0.3) is 0 Å². The summed E-state index contributed by atoms with van der Waals surface area (Å²) in [6.45, 7) is 2.10. The molecule has 0 aliphatic carbocycles. The van der Waals surface area contributed by atoms with Gasteiger partial charge in [-0.05, 0) is 6.92 Å². The molecule has 1 aliphatic heterocycles. The van der Waals surface area contributed by atoms with Crippen molar-refractivity contribution in [1.82, 2.24) is 0 Å². The monoisotopic (exact) mass is 223 g/mol. The minimum absolute atomic E-state index is 0. The zero-order chi connectivity index (χ0) is 8.97. The van der Waals surface area contributed by atoms with Gasteiger partial charge in [0.1, 0.15) is 0 Å². The fraction of sp³-hybridized carbons (Fsp3) is 0.667. The van der Waals surface area contributed by atoms with Crippen LogP contribution in [0.1, 0.15) is 6.92 Å². The van der Waals surface area contributed by atoms with Gasteiger partial charge in [0, 0.05) is 5.75 Å². The van der Waals surface area contributed by atoms with E-state index in [0.29, 0.717) is 12.4 Å². The Bertz CT molecular complexity index is 234. The van der Waals surface area contributed by atoms with Crippen LogP contribution in [-0.4, -0.2) is 29.5 Å². The molecule has 1 aliphatic rings. The number of hydrogen-bond donors (Lipinski definition) is 1. The highest BCUT2D eigenvalue weighted by molar-refractivity contribution is 8.13. The Hall–Kier alpha value is -0.620. The van der Waals surface area contributed by atoms with Crippen LogP contribution >= 0.6 is 24.2 Å². The van der Waals surface area contributed by atoms with Crippen molar-refractivity contribution in [2.75, 3.05) is 12.4 Å². The molecule has 1 atom stereocenters. The number of azo groups is 1. The summed E-state index contributed by atoms with van der Waals surface area (Å²) in [5, 5.41) is 14.3. The van der Waals surface area contributed by atoms with Gasteiger partial charge in [-0.3, -0.25) is 5.41 Å². The van der Waals surface area contributed by atoms with Gasteiger partial charge < -0.3 is 4.74 Å². The fourth-order valence-electron chi connectivity index (χ4n) is 0.696. The number of hydrogen-bond acceptors (Lipinski definition) is 5. The molecule has 0 amide bonds. The molecule has 0 aromatic carbocycles. The second-order valence-corrected chi connectivity index (χ2v) is 3.11. The van der Waals surface area contributed by atoms with Crippen LogP contribution in [0.4, 0.5) is 0 Å². The Kier molecular flexibility index (Phi) is 5.65. The van der Waals surface area contributed by atoms with E-state index in [1.807, 2.05) is 0 Å². The number of nitrogens with one attached hydrogen (secondary N) is 1. The lowest BCUT2D eigenvalue weighted by Gasteiger charge is -2.12. The molecule has 7 heteroatoms. The van der Waals surface area contributed by atoms with Crippen molar-refractivity contribution in [2.24, 2.45) is 10.2 Å². The SMILES string of the molecule is CCOC(=O)C1CSC(=N)N=N1.Cl. The molecule has 0 bridgehead atoms. The van der Waals surface area contributed by atoms with Gasteiger partial charge in [0.05, 0.1) is 6.61 Å². The molecule has 0 fully saturated rings. The maximum Gasteiger partial charge on any atom is 0.333 e. The summed E-state index contributed by atoms with van der Waals surface area (Å²) < 4.78 is 4.74. The minimum atomic E-state index is -0.524. The predicted molar refractivity (Wildman–Crippen MR) is 52.7 cm³/mol. The molecule has 1 unspecified atom stereocenters. The summed E-state index contributed by atoms with van der Waals surface area (Å²) in [5.41, 5.74) is 0. The first kappa shape index (κ1) is 12.4. The summed E-state index contributed by atoms with van der Waals surface area (Å²) >= 11 is 1.20. The van der Waals surface area contributed by atoms with Gasteiger partial charge >= 0.3 is 5.97 Å². The van der Waals surface area contributed by atoms with Crippen LogP contribution in [0.5, 0.6) is 0 Å². The lowest BCUT2D eigenvalue weighted by Crippen LogP contribution is -2.26. The minimum Gasteiger partial charge on any atom is -0.464 e. The van der Waals surface area contributed by atoms with E-state index in [1.165, 1.54) is 11.8 Å². The van der Waals surface area contributed by atoms with E-state index in [-0.39, 0.29) is 23.5 Å². The molecule has 0 saturated carbocycles. The molecule has 1 rings (SSSR count). The van der Waals surface area contributed by atoms with Crippen LogP contribution in [0.2, 0.25) is 0 Å². The Balaban J connectivity index is 0.00000144. The second-order valence-electron chi connectivity index (χ2n) is 2.10. The summed E-state index contributed by atoms with van der Waals surface area (Å²) in [5.74, 6) is 0.0995. The Labute approximate surface area is 86.2 Å². The largest absolute Gasteiger partial charge is 0.464 e. The lowest BCUT2D eigenvalue weighted by atomic mass is 10.4. The summed E-state index contributed by atoms with van der Waals surface area (Å²) in [7, 11) is 0. The zero-order valence-corrected chi connectivity index (χ0v) is 8.65. The zero-order valence-electron chi connectivity index (χ0n) is 7.02. The third kappa shape index (κ3) is 3.73. The first-order valence-electron chi connectivity index (χ1n) is 3.53. The quantitative estimate of drug-likeness (QED) is 0.721. The standard InChI is InChI=1S/C6H9N3O2S.ClH/c1-2-11-5(10)4-3-12-6(7)9-8-4;/h4,7H,2-3H2,1H3;1H. The molecule has 5 nitrogen and oxygen atoms in total. The number of amidine groups is 1. The van der Waals surface area contributed by atoms with Crippen molar-refractivity contribution in [3.63, 3.8) is 0 Å². The molecule has 74 valence electrons. The lowest BCUT2D eigenvalue weighted by molar-refractivity contribution is -0.144. The molecule has 1 heterocycles. The Morgan fingerprint density at radius 2 is 2.54 bits per heavy atom. The molecular weight excluding hydrogens is 214 g/mol. The number of esters is 1. The molecule has 1 N–H and O–H groups in total. The molecule has 0 spiro atoms. The van der Waals surface area contributed by atoms with Gasteiger partial charge in [0.2, 0.25) is 5.17 Å². The predicted octanol–water partition coefficient (Wildman–Crippen LogP) is 1.47. The smallest absolute Gasteiger partial charge is 0.333 e. The number of nitrogens with zero attached hydrogens (tertiary/aromatic N) is 2. The van der Waals surface area contributed by atoms with Crippen LogP contribution in [0.15, 0.2) is 10.2 Å². The molecule has 13 heavy (non-hydrogen) atoms. The van der Waals surface area contributed by atoms with Crippen molar-refractivity contribution in [3.8, 4) is 0 Å². The van der Waals surface area contributed by atoms with Gasteiger partial charge in [-0.2, -0.15) is 5.11 Å². The first-order chi connectivity index (χ1) is 5.74. The molecule has 0 aromatic heterocycles. The van der Waals surface area contributed by atoms with E-state index in [4.69, 9.17) is 10.1 Å². The van der Waals surface area contributed by atoms with E-state index in [0.717, 1.165) is 0 Å². The van der Waals surface area contributed by atoms with Gasteiger partial charge in [-0.15, -0.1) is 17.5 Å². The third-order valence-corrected chi connectivity index (χ3v) is 2.06. The number of thioether (sulfide) groups is 1. The van der Waals surface area contributed by atoms with Crippen LogP contribution in [0.3, 0.4) is 0 Å². The van der Waals surface area contributed by atoms with Crippen molar-refractivity contribution in [1.29, 1.82) is 5.41 Å². The van der Waals surface area contributed by atoms with Crippen LogP contribution in [-0.2, 0) is 9.53 Å². The maximum absolute atomic E-state index is 11.0. The fourth-order valence-corrected chi connectivity index (χ4v) is 1.32. The number of ether oxygens (including phenoxy) is 1. The van der Waals surface area contributed by atoms with E-state index in [1.54, 1.807) is 6.92 Å². The Morgan fingerprint density at radius 1 is 1.85 bits per heavy atom. The van der Waals surface area contributed by atoms with Crippen molar-refractivity contribution in [2.45, 2.75) is 13.0 Å². The van der Waals surface area contributed by atoms with E-state index >= 15 is 0 Å². The van der Waals surface area contributed by atoms with E-state index < -0.39 is 6.04 Å². The molecule has 0 saturated heterocycles. The van der Waals surface area contributed by atoms with Crippen LogP contribution < -0.4 is 0 Å². The second kappa shape index (κ2) is 5.93. The van der Waals surface area contributed by atoms with Crippen LogP contribution in [0.25, 0.3) is 0 Å². The third-order valence-electron chi connectivity index (χ3n) is 1.22. The average molecular weight is 224 g/mol. The number of halogens is 1. The molecule has 0 aromatic rings. The topological polar surface area (TPSA) is 74.9 Å². The highest BCUT2D eigenvalue weighted by Crippen LogP contribution is 2.15. The van der Waals surface area contributed by atoms with E-state index in [9.17, 15) is 4.79 Å². The van der Waals surface area contributed by atoms with Crippen LogP contribution in [0, 0.1) is 5.41 Å². The van der Waals surface area contributed by atoms with Crippen molar-refractivity contribution < 1.29 is 9.53 Å². The maximum atomic E-state index is 11.0. The number of carbonyl (C=O) groups is 1. The molecular formula is C6H10ClN3O2S. The summed E-state index contributed by atoms with van der Waals surface area (Å²) in [6.07, 6.45) is 0. The van der Waals surface area contributed by atoms with Crippen molar-refractivity contribution in [3.05, 3.63) is 0 Å². The van der Waals surface area contributed by atoms with Crippen molar-refractivity contribution >= 4 is 35.3 Å². The molecule has 0 radical (unpaired) electrons. The summed E-state index contributed by atoms with van der Waals surface area (Å²) in [6, 6.07) is -0.524. The summed E-state index contributed by atoms with van der Waals surface area (Å²) in [4.78, 5) is 11.0. The number of carbonyl (C=O) groups excluding carboxylic acids is 1. The highest BCUT2D eigenvalue weighted by Gasteiger charge is 2.23. The van der Waals surface area contributed by atoms with Gasteiger partial charge in [0.15, 0.2) is 6.04 Å². The van der Waals surface area contributed by atoms with Gasteiger partial charge in [-0.1, -0.05) is 11.8 Å². The Morgan fingerprint density at radius 3 is 3.00 bits per heavy atom. The average Bonchev–Trinajstić information content (AvgIpc) is 2.06. The normalized spacial score (nSPS) is 20.7. The first-order valence-corrected chi connectivity index (χ1v) is 4.51. The van der Waals surface area contributed by atoms with E-state index in [2.05, 4.69) is 10.2 Å². The highest BCUT2D eigenvalue weighted by atomic mass is 35.5. The van der Waals surface area contributed by atoms with Gasteiger partial charge in [-0.25, -0.2) is 4.79 Å².